The van der Waals surface area contributed by atoms with E-state index in [1.54, 1.807) is 18.2 Å². The molecule has 1 heterocycles. The van der Waals surface area contributed by atoms with E-state index < -0.39 is 22.0 Å². The first-order valence-corrected chi connectivity index (χ1v) is 10.2. The van der Waals surface area contributed by atoms with Crippen molar-refractivity contribution in [2.75, 3.05) is 25.6 Å². The zero-order chi connectivity index (χ0) is 20.3. The van der Waals surface area contributed by atoms with Gasteiger partial charge in [-0.2, -0.15) is 4.72 Å². The lowest BCUT2D eigenvalue weighted by atomic mass is 10.2. The van der Waals surface area contributed by atoms with Gasteiger partial charge in [0, 0.05) is 11.8 Å². The quantitative estimate of drug-likeness (QED) is 0.735. The minimum atomic E-state index is -3.95. The van der Waals surface area contributed by atoms with E-state index >= 15 is 0 Å². The van der Waals surface area contributed by atoms with Gasteiger partial charge in [0.15, 0.2) is 11.5 Å². The number of halogens is 1. The molecule has 0 bridgehead atoms. The van der Waals surface area contributed by atoms with Crippen LogP contribution in [0.1, 0.15) is 6.92 Å². The number of ether oxygens (including phenoxy) is 3. The molecule has 10 heteroatoms. The van der Waals surface area contributed by atoms with Crippen LogP contribution in [0.4, 0.5) is 5.69 Å². The molecule has 1 aliphatic rings. The van der Waals surface area contributed by atoms with Gasteiger partial charge in [0.1, 0.15) is 19.0 Å². The average Bonchev–Trinajstić information content (AvgIpc) is 2.67. The third-order valence-electron chi connectivity index (χ3n) is 3.97. The Hall–Kier alpha value is -2.49. The van der Waals surface area contributed by atoms with E-state index in [0.717, 1.165) is 0 Å². The average molecular weight is 427 g/mol. The second kappa shape index (κ2) is 8.26. The number of amides is 1. The van der Waals surface area contributed by atoms with Gasteiger partial charge >= 0.3 is 0 Å². The minimum Gasteiger partial charge on any atom is -0.495 e. The van der Waals surface area contributed by atoms with E-state index in [2.05, 4.69) is 10.0 Å². The number of sulfonamides is 1. The van der Waals surface area contributed by atoms with Gasteiger partial charge in [-0.15, -0.1) is 0 Å². The second-order valence-electron chi connectivity index (χ2n) is 5.99. The van der Waals surface area contributed by atoms with Crippen molar-refractivity contribution < 1.29 is 27.4 Å². The fraction of sp³-hybridized carbons (Fsp3) is 0.278. The molecule has 0 spiro atoms. The Labute approximate surface area is 167 Å². The van der Waals surface area contributed by atoms with Gasteiger partial charge < -0.3 is 19.5 Å². The van der Waals surface area contributed by atoms with E-state index in [-0.39, 0.29) is 9.92 Å². The van der Waals surface area contributed by atoms with Crippen LogP contribution >= 0.6 is 11.6 Å². The van der Waals surface area contributed by atoms with Crippen molar-refractivity contribution in [3.05, 3.63) is 41.4 Å². The number of hydrogen-bond acceptors (Lipinski definition) is 6. The molecule has 8 nitrogen and oxygen atoms in total. The largest absolute Gasteiger partial charge is 0.495 e. The third-order valence-corrected chi connectivity index (χ3v) is 5.80. The summed E-state index contributed by atoms with van der Waals surface area (Å²) in [5, 5.41) is 2.80. The molecular formula is C18H19ClN2O6S. The molecule has 1 atom stereocenters. The van der Waals surface area contributed by atoms with Crippen molar-refractivity contribution in [3.63, 3.8) is 0 Å². The van der Waals surface area contributed by atoms with Gasteiger partial charge in [0.2, 0.25) is 15.9 Å². The zero-order valence-corrected chi connectivity index (χ0v) is 16.8. The molecule has 1 unspecified atom stereocenters. The topological polar surface area (TPSA) is 103 Å². The van der Waals surface area contributed by atoms with Crippen LogP contribution < -0.4 is 24.2 Å². The summed E-state index contributed by atoms with van der Waals surface area (Å²) in [6.45, 7) is 2.33. The van der Waals surface area contributed by atoms with Gasteiger partial charge in [-0.3, -0.25) is 4.79 Å². The molecule has 2 N–H and O–H groups in total. The fourth-order valence-corrected chi connectivity index (χ4v) is 4.09. The first-order valence-electron chi connectivity index (χ1n) is 8.36. The van der Waals surface area contributed by atoms with Gasteiger partial charge in [0.05, 0.1) is 23.1 Å². The van der Waals surface area contributed by atoms with E-state index in [1.165, 1.54) is 32.2 Å². The monoisotopic (exact) mass is 426 g/mol. The number of rotatable bonds is 6. The molecule has 1 amide bonds. The third kappa shape index (κ3) is 4.49. The number of carbonyl (C=O) groups excluding carboxylic acids is 1. The predicted molar refractivity (Wildman–Crippen MR) is 104 cm³/mol. The molecule has 1 aliphatic heterocycles. The van der Waals surface area contributed by atoms with E-state index in [4.69, 9.17) is 25.8 Å². The minimum absolute atomic E-state index is 0.0720. The Balaban J connectivity index is 1.68. The van der Waals surface area contributed by atoms with Gasteiger partial charge in [-0.1, -0.05) is 11.6 Å². The Morgan fingerprint density at radius 2 is 1.86 bits per heavy atom. The zero-order valence-electron chi connectivity index (χ0n) is 15.2. The van der Waals surface area contributed by atoms with Crippen molar-refractivity contribution >= 4 is 33.2 Å². The van der Waals surface area contributed by atoms with Gasteiger partial charge in [-0.05, 0) is 37.3 Å². The summed E-state index contributed by atoms with van der Waals surface area (Å²) in [6.07, 6.45) is 0. The van der Waals surface area contributed by atoms with Crippen molar-refractivity contribution in [1.82, 2.24) is 4.72 Å². The second-order valence-corrected chi connectivity index (χ2v) is 8.11. The summed E-state index contributed by atoms with van der Waals surface area (Å²) in [5.74, 6) is 0.935. The van der Waals surface area contributed by atoms with Crippen molar-refractivity contribution in [3.8, 4) is 17.2 Å². The molecule has 0 fully saturated rings. The first kappa shape index (κ1) is 20.2. The highest BCUT2D eigenvalue weighted by Crippen LogP contribution is 2.32. The normalized spacial score (nSPS) is 14.2. The highest BCUT2D eigenvalue weighted by Gasteiger charge is 2.23. The van der Waals surface area contributed by atoms with Crippen LogP contribution in [0.25, 0.3) is 0 Å². The summed E-state index contributed by atoms with van der Waals surface area (Å²) in [7, 11) is -2.53. The Bertz CT molecular complexity index is 996. The highest BCUT2D eigenvalue weighted by atomic mass is 35.5. The molecule has 2 aromatic rings. The SMILES string of the molecule is COc1ccc(S(=O)(=O)NC(C)C(=O)Nc2ccc3c(c2)OCCO3)cc1Cl. The molecule has 0 aliphatic carbocycles. The maximum absolute atomic E-state index is 12.5. The fourth-order valence-electron chi connectivity index (χ4n) is 2.54. The number of fused-ring (bicyclic) bond motifs is 1. The molecule has 28 heavy (non-hydrogen) atoms. The van der Waals surface area contributed by atoms with Crippen LogP contribution in [0.2, 0.25) is 5.02 Å². The molecule has 0 radical (unpaired) electrons. The number of anilines is 1. The summed E-state index contributed by atoms with van der Waals surface area (Å²) in [5.41, 5.74) is 0.466. The smallest absolute Gasteiger partial charge is 0.242 e. The standard InChI is InChI=1S/C18H19ClN2O6S/c1-11(21-28(23,24)13-4-6-15(25-2)14(19)10-13)18(22)20-12-3-5-16-17(9-12)27-8-7-26-16/h3-6,9-11,21H,7-8H2,1-2H3,(H,20,22). The van der Waals surface area contributed by atoms with Crippen molar-refractivity contribution in [2.24, 2.45) is 0 Å². The van der Waals surface area contributed by atoms with E-state index in [9.17, 15) is 13.2 Å². The molecular weight excluding hydrogens is 408 g/mol. The summed E-state index contributed by atoms with van der Waals surface area (Å²) in [6, 6.07) is 7.97. The van der Waals surface area contributed by atoms with Crippen LogP contribution in [0, 0.1) is 0 Å². The number of hydrogen-bond donors (Lipinski definition) is 2. The Kier molecular flexibility index (Phi) is 5.97. The summed E-state index contributed by atoms with van der Waals surface area (Å²) >= 11 is 5.98. The van der Waals surface area contributed by atoms with Gasteiger partial charge in [-0.25, -0.2) is 8.42 Å². The van der Waals surface area contributed by atoms with Crippen LogP contribution in [0.3, 0.4) is 0 Å². The maximum atomic E-state index is 12.5. The lowest BCUT2D eigenvalue weighted by molar-refractivity contribution is -0.117. The molecule has 3 rings (SSSR count). The van der Waals surface area contributed by atoms with Crippen LogP contribution in [0.15, 0.2) is 41.3 Å². The Morgan fingerprint density at radius 1 is 1.14 bits per heavy atom. The molecule has 0 saturated carbocycles. The van der Waals surface area contributed by atoms with E-state index in [1.807, 2.05) is 0 Å². The summed E-state index contributed by atoms with van der Waals surface area (Å²) < 4.78 is 43.3. The number of benzene rings is 2. The summed E-state index contributed by atoms with van der Waals surface area (Å²) in [4.78, 5) is 12.3. The van der Waals surface area contributed by atoms with Crippen molar-refractivity contribution in [1.29, 1.82) is 0 Å². The van der Waals surface area contributed by atoms with Crippen LogP contribution in [-0.2, 0) is 14.8 Å². The molecule has 0 saturated heterocycles. The molecule has 150 valence electrons. The van der Waals surface area contributed by atoms with Crippen LogP contribution in [0.5, 0.6) is 17.2 Å². The molecule has 0 aromatic heterocycles. The van der Waals surface area contributed by atoms with Crippen molar-refractivity contribution in [2.45, 2.75) is 17.9 Å². The number of nitrogens with one attached hydrogen (secondary N) is 2. The first-order chi connectivity index (χ1) is 13.3. The number of carbonyl (C=O) groups is 1. The predicted octanol–water partition coefficient (Wildman–Crippen LogP) is 2.43. The van der Waals surface area contributed by atoms with Gasteiger partial charge in [0.25, 0.3) is 0 Å². The maximum Gasteiger partial charge on any atom is 0.242 e. The van der Waals surface area contributed by atoms with E-state index in [0.29, 0.717) is 36.1 Å². The lowest BCUT2D eigenvalue weighted by Gasteiger charge is -2.19. The Morgan fingerprint density at radius 3 is 2.54 bits per heavy atom. The highest BCUT2D eigenvalue weighted by molar-refractivity contribution is 7.89. The molecule has 2 aromatic carbocycles. The lowest BCUT2D eigenvalue weighted by Crippen LogP contribution is -2.41. The number of methoxy groups -OCH3 is 1. The van der Waals surface area contributed by atoms with Crippen LogP contribution in [-0.4, -0.2) is 40.7 Å².